The van der Waals surface area contributed by atoms with Gasteiger partial charge in [-0.3, -0.25) is 19.7 Å². The summed E-state index contributed by atoms with van der Waals surface area (Å²) in [6.07, 6.45) is -0.168. The van der Waals surface area contributed by atoms with Gasteiger partial charge in [0.05, 0.1) is 42.0 Å². The first kappa shape index (κ1) is 34.1. The van der Waals surface area contributed by atoms with E-state index in [1.54, 1.807) is 0 Å². The molecule has 3 aromatic carbocycles. The number of hydrogen-bond acceptors (Lipinski definition) is 9. The van der Waals surface area contributed by atoms with Crippen LogP contribution in [0.15, 0.2) is 59.5 Å². The lowest BCUT2D eigenvalue weighted by Gasteiger charge is -2.33. The topological polar surface area (TPSA) is 194 Å². The molecule has 1 aliphatic heterocycles. The van der Waals surface area contributed by atoms with Crippen LogP contribution in [-0.4, -0.2) is 68.3 Å². The van der Waals surface area contributed by atoms with Gasteiger partial charge in [0.25, 0.3) is 0 Å². The van der Waals surface area contributed by atoms with E-state index in [9.17, 15) is 37.1 Å². The van der Waals surface area contributed by atoms with Gasteiger partial charge in [0, 0.05) is 17.8 Å². The third-order valence-corrected chi connectivity index (χ3v) is 10.7. The van der Waals surface area contributed by atoms with Crippen molar-refractivity contribution >= 4 is 45.1 Å². The summed E-state index contributed by atoms with van der Waals surface area (Å²) in [6, 6.07) is 7.61. The zero-order chi connectivity index (χ0) is 34.9. The Labute approximate surface area is 273 Å². The predicted molar refractivity (Wildman–Crippen MR) is 167 cm³/mol. The van der Waals surface area contributed by atoms with Crippen molar-refractivity contribution in [2.24, 2.45) is 11.7 Å². The molecular formula is C32H32F2N4O9S. The minimum Gasteiger partial charge on any atom is -0.494 e. The maximum Gasteiger partial charge on any atom is 0.411 e. The molecule has 13 nitrogen and oxygen atoms in total. The van der Waals surface area contributed by atoms with Gasteiger partial charge in [0.2, 0.25) is 11.8 Å². The monoisotopic (exact) mass is 686 g/mol. The molecule has 1 saturated carbocycles. The van der Waals surface area contributed by atoms with Crippen LogP contribution in [0.25, 0.3) is 0 Å². The number of nitrogens with two attached hydrogens (primary N) is 1. The number of likely N-dealkylation sites (tertiary alicyclic amines) is 1. The normalized spacial score (nSPS) is 18.1. The lowest BCUT2D eigenvalue weighted by atomic mass is 9.92. The Balaban J connectivity index is 1.67. The SMILES string of the molecule is COC(=O)Nc1ccc(S(=O)(=O)C2CC2)c([C@H]2[C@@H](C(=O)O)CCN2C(=O)[C@H](Nc2cc(C(N)=O)ccc2F)c2ccc(F)c(OC)c2)c1. The summed E-state index contributed by atoms with van der Waals surface area (Å²) in [5.41, 5.74) is 5.08. The quantitative estimate of drug-likeness (QED) is 0.229. The summed E-state index contributed by atoms with van der Waals surface area (Å²) in [6.45, 7) is -0.168. The highest BCUT2D eigenvalue weighted by atomic mass is 32.2. The number of sulfone groups is 1. The van der Waals surface area contributed by atoms with Gasteiger partial charge >= 0.3 is 12.1 Å². The zero-order valence-electron chi connectivity index (χ0n) is 25.7. The van der Waals surface area contributed by atoms with Crippen molar-refractivity contribution in [2.45, 2.75) is 41.5 Å². The van der Waals surface area contributed by atoms with Gasteiger partial charge in [-0.25, -0.2) is 22.0 Å². The molecule has 5 rings (SSSR count). The molecule has 1 aliphatic carbocycles. The second-order valence-corrected chi connectivity index (χ2v) is 13.6. The molecule has 0 radical (unpaired) electrons. The third-order valence-electron chi connectivity index (χ3n) is 8.33. The largest absolute Gasteiger partial charge is 0.494 e. The number of aliphatic carboxylic acids is 1. The van der Waals surface area contributed by atoms with Crippen LogP contribution >= 0.6 is 0 Å². The smallest absolute Gasteiger partial charge is 0.411 e. The van der Waals surface area contributed by atoms with Gasteiger partial charge < -0.3 is 30.5 Å². The minimum absolute atomic E-state index is 0.0496. The summed E-state index contributed by atoms with van der Waals surface area (Å²) in [4.78, 5) is 52.1. The number of anilines is 2. The van der Waals surface area contributed by atoms with Gasteiger partial charge in [-0.05, 0) is 78.9 Å². The van der Waals surface area contributed by atoms with E-state index in [1.165, 1.54) is 37.4 Å². The van der Waals surface area contributed by atoms with Crippen molar-refractivity contribution < 1.29 is 51.0 Å². The molecule has 1 saturated heterocycles. The van der Waals surface area contributed by atoms with E-state index in [4.69, 9.17) is 10.5 Å². The predicted octanol–water partition coefficient (Wildman–Crippen LogP) is 4.01. The van der Waals surface area contributed by atoms with Gasteiger partial charge in [0.1, 0.15) is 11.9 Å². The highest BCUT2D eigenvalue weighted by Crippen LogP contribution is 2.45. The molecule has 2 aliphatic rings. The number of carboxylic acid groups (broad SMARTS) is 1. The number of nitrogens with zero attached hydrogens (tertiary/aromatic N) is 1. The van der Waals surface area contributed by atoms with E-state index >= 15 is 4.39 Å². The maximum absolute atomic E-state index is 15.1. The fourth-order valence-electron chi connectivity index (χ4n) is 5.78. The Morgan fingerprint density at radius 1 is 0.979 bits per heavy atom. The Morgan fingerprint density at radius 3 is 2.31 bits per heavy atom. The molecule has 3 amide bonds. The van der Waals surface area contributed by atoms with Crippen molar-refractivity contribution in [3.05, 3.63) is 82.9 Å². The second-order valence-electron chi connectivity index (χ2n) is 11.4. The molecule has 1 heterocycles. The fraction of sp³-hybridized carbons (Fsp3) is 0.312. The van der Waals surface area contributed by atoms with Crippen LogP contribution in [0.4, 0.5) is 25.0 Å². The van der Waals surface area contributed by atoms with Crippen LogP contribution in [-0.2, 0) is 24.2 Å². The molecule has 254 valence electrons. The number of hydrogen-bond donors (Lipinski definition) is 4. The number of benzene rings is 3. The summed E-state index contributed by atoms with van der Waals surface area (Å²) in [7, 11) is -1.65. The highest BCUT2D eigenvalue weighted by Gasteiger charge is 2.48. The Hall–Kier alpha value is -5.25. The average molecular weight is 687 g/mol. The first-order chi connectivity index (χ1) is 22.8. The summed E-state index contributed by atoms with van der Waals surface area (Å²) < 4.78 is 66.6. The Morgan fingerprint density at radius 2 is 1.69 bits per heavy atom. The number of amides is 3. The van der Waals surface area contributed by atoms with Crippen molar-refractivity contribution in [2.75, 3.05) is 31.4 Å². The molecule has 3 aromatic rings. The van der Waals surface area contributed by atoms with Crippen molar-refractivity contribution in [3.8, 4) is 5.75 Å². The zero-order valence-corrected chi connectivity index (χ0v) is 26.6. The van der Waals surface area contributed by atoms with E-state index < -0.39 is 68.6 Å². The van der Waals surface area contributed by atoms with E-state index in [1.807, 2.05) is 0 Å². The summed E-state index contributed by atoms with van der Waals surface area (Å²) >= 11 is 0. The van der Waals surface area contributed by atoms with Crippen LogP contribution < -0.4 is 21.1 Å². The van der Waals surface area contributed by atoms with Crippen molar-refractivity contribution in [1.29, 1.82) is 0 Å². The van der Waals surface area contributed by atoms with Crippen LogP contribution in [0.1, 0.15) is 52.8 Å². The van der Waals surface area contributed by atoms with E-state index in [0.717, 1.165) is 36.3 Å². The number of halogens is 2. The molecule has 0 bridgehead atoms. The van der Waals surface area contributed by atoms with Crippen LogP contribution in [0, 0.1) is 17.6 Å². The number of carboxylic acids is 1. The second kappa shape index (κ2) is 13.5. The lowest BCUT2D eigenvalue weighted by Crippen LogP contribution is -2.40. The highest BCUT2D eigenvalue weighted by molar-refractivity contribution is 7.92. The van der Waals surface area contributed by atoms with Gasteiger partial charge in [-0.1, -0.05) is 6.07 Å². The Kier molecular flexibility index (Phi) is 9.57. The number of primary amides is 1. The lowest BCUT2D eigenvalue weighted by molar-refractivity contribution is -0.143. The standard InChI is InChI=1S/C32H32F2N4O9S/c1-46-25-14-16(3-9-23(25)34)27(37-24-13-17(29(35)39)4-8-22(24)33)30(40)38-12-11-20(31(41)42)28(38)21-15-18(36-32(43)47-2)5-10-26(21)48(44,45)19-6-7-19/h3-5,8-10,13-15,19-20,27-28,37H,6-7,11-12H2,1-2H3,(H2,35,39)(H,36,43)(H,41,42)/t20-,27+,28+/m0/s1. The molecule has 48 heavy (non-hydrogen) atoms. The first-order valence-corrected chi connectivity index (χ1v) is 16.3. The van der Waals surface area contributed by atoms with Gasteiger partial charge in [0.15, 0.2) is 21.4 Å². The van der Waals surface area contributed by atoms with E-state index in [2.05, 4.69) is 15.4 Å². The number of carbonyl (C=O) groups excluding carboxylic acids is 3. The first-order valence-electron chi connectivity index (χ1n) is 14.7. The van der Waals surface area contributed by atoms with Crippen LogP contribution in [0.5, 0.6) is 5.75 Å². The number of methoxy groups -OCH3 is 2. The number of nitrogens with one attached hydrogen (secondary N) is 2. The van der Waals surface area contributed by atoms with Gasteiger partial charge in [-0.15, -0.1) is 0 Å². The molecule has 16 heteroatoms. The van der Waals surface area contributed by atoms with E-state index in [0.29, 0.717) is 12.8 Å². The maximum atomic E-state index is 15.1. The molecule has 5 N–H and O–H groups in total. The number of ether oxygens (including phenoxy) is 2. The molecular weight excluding hydrogens is 654 g/mol. The fourth-order valence-corrected chi connectivity index (χ4v) is 7.66. The van der Waals surface area contributed by atoms with Crippen molar-refractivity contribution in [1.82, 2.24) is 4.90 Å². The minimum atomic E-state index is -3.98. The molecule has 2 fully saturated rings. The summed E-state index contributed by atoms with van der Waals surface area (Å²) in [5.74, 6) is -6.20. The number of rotatable bonds is 11. The van der Waals surface area contributed by atoms with Crippen LogP contribution in [0.2, 0.25) is 0 Å². The van der Waals surface area contributed by atoms with Gasteiger partial charge in [-0.2, -0.15) is 0 Å². The van der Waals surface area contributed by atoms with E-state index in [-0.39, 0.29) is 51.7 Å². The van der Waals surface area contributed by atoms with Crippen molar-refractivity contribution in [3.63, 3.8) is 0 Å². The average Bonchev–Trinajstić information content (AvgIpc) is 3.83. The van der Waals surface area contributed by atoms with Crippen LogP contribution in [0.3, 0.4) is 0 Å². The molecule has 3 atom stereocenters. The molecule has 0 spiro atoms. The molecule has 0 unspecified atom stereocenters. The third kappa shape index (κ3) is 6.74. The molecule has 0 aromatic heterocycles. The number of carbonyl (C=O) groups is 4. The Bertz CT molecular complexity index is 1900. The summed E-state index contributed by atoms with van der Waals surface area (Å²) in [5, 5.41) is 14.8.